The summed E-state index contributed by atoms with van der Waals surface area (Å²) in [5.41, 5.74) is 11.3. The van der Waals surface area contributed by atoms with Crippen LogP contribution in [0.3, 0.4) is 0 Å². The van der Waals surface area contributed by atoms with Crippen LogP contribution in [-0.2, 0) is 20.2 Å². The number of nitrogens with zero attached hydrogens (tertiary/aromatic N) is 4. The second kappa shape index (κ2) is 18.9. The van der Waals surface area contributed by atoms with Gasteiger partial charge in [-0.05, 0) is 132 Å². The van der Waals surface area contributed by atoms with Crippen LogP contribution in [0.2, 0.25) is 0 Å². The molecule has 0 fully saturated rings. The number of para-hydroxylation sites is 6. The highest BCUT2D eigenvalue weighted by atomic mass is 32.2. The Balaban J connectivity index is 0.972. The monoisotopic (exact) mass is 1040 g/mol. The highest BCUT2D eigenvalue weighted by molar-refractivity contribution is 7.86. The lowest BCUT2D eigenvalue weighted by atomic mass is 10.0. The third-order valence-corrected chi connectivity index (χ3v) is 15.6. The largest absolute Gasteiger partial charge is 0.493 e. The van der Waals surface area contributed by atoms with Gasteiger partial charge in [0.25, 0.3) is 20.2 Å². The Labute approximate surface area is 438 Å². The van der Waals surface area contributed by atoms with E-state index in [1.807, 2.05) is 131 Å². The predicted octanol–water partition coefficient (Wildman–Crippen LogP) is 15.0. The van der Waals surface area contributed by atoms with E-state index in [-0.39, 0.29) is 21.3 Å². The molecule has 0 aliphatic carbocycles. The summed E-state index contributed by atoms with van der Waals surface area (Å²) in [5.74, 6) is -0.0539. The van der Waals surface area contributed by atoms with Gasteiger partial charge in [-0.3, -0.25) is 9.11 Å². The molecule has 0 aliphatic rings. The molecule has 76 heavy (non-hydrogen) atoms. The molecule has 374 valence electrons. The van der Waals surface area contributed by atoms with Crippen molar-refractivity contribution in [2.45, 2.75) is 9.79 Å². The van der Waals surface area contributed by atoms with Gasteiger partial charge < -0.3 is 28.4 Å². The maximum Gasteiger partial charge on any atom is 0.298 e. The average molecular weight is 1040 g/mol. The molecule has 12 nitrogen and oxygen atoms in total. The third kappa shape index (κ3) is 8.26. The van der Waals surface area contributed by atoms with Gasteiger partial charge in [-0.2, -0.15) is 16.8 Å². The average Bonchev–Trinajstić information content (AvgIpc) is 4.08. The molecule has 12 rings (SSSR count). The van der Waals surface area contributed by atoms with E-state index in [0.29, 0.717) is 34.1 Å². The fourth-order valence-electron chi connectivity index (χ4n) is 10.5. The Kier molecular flexibility index (Phi) is 11.9. The smallest absolute Gasteiger partial charge is 0.298 e. The fraction of sp³-hybridized carbons (Fsp3) is 0.0323. The molecule has 0 spiro atoms. The van der Waals surface area contributed by atoms with E-state index in [0.717, 1.165) is 66.1 Å². The van der Waals surface area contributed by atoms with Gasteiger partial charge in [0.2, 0.25) is 0 Å². The molecule has 0 unspecified atom stereocenters. The zero-order valence-corrected chi connectivity index (χ0v) is 42.5. The van der Waals surface area contributed by atoms with Crippen molar-refractivity contribution in [2.24, 2.45) is 0 Å². The maximum absolute atomic E-state index is 12.8. The van der Waals surface area contributed by atoms with Gasteiger partial charge >= 0.3 is 0 Å². The van der Waals surface area contributed by atoms with E-state index in [2.05, 4.69) is 81.9 Å². The normalized spacial score (nSPS) is 11.9. The minimum absolute atomic E-state index is 0.0270. The molecule has 0 atom stereocenters. The molecule has 0 radical (unpaired) electrons. The predicted molar refractivity (Wildman–Crippen MR) is 303 cm³/mol. The van der Waals surface area contributed by atoms with Crippen LogP contribution in [-0.4, -0.2) is 49.3 Å². The molecule has 0 saturated heterocycles. The van der Waals surface area contributed by atoms with Crippen LogP contribution in [0.25, 0.3) is 66.1 Å². The minimum Gasteiger partial charge on any atom is -0.493 e. The van der Waals surface area contributed by atoms with Crippen molar-refractivity contribution in [3.8, 4) is 34.0 Å². The highest BCUT2D eigenvalue weighted by Gasteiger charge is 2.28. The summed E-state index contributed by atoms with van der Waals surface area (Å²) in [6.07, 6.45) is 0. The number of hydrogen-bond acceptors (Lipinski definition) is 8. The second-order valence-corrected chi connectivity index (χ2v) is 20.9. The van der Waals surface area contributed by atoms with Crippen LogP contribution < -0.4 is 19.3 Å². The summed E-state index contributed by atoms with van der Waals surface area (Å²) in [4.78, 5) is 3.08. The Morgan fingerprint density at radius 1 is 0.355 bits per heavy atom. The van der Waals surface area contributed by atoms with Gasteiger partial charge in [0.1, 0.15) is 9.79 Å². The molecular weight excluding hydrogens is 993 g/mol. The zero-order valence-electron chi connectivity index (χ0n) is 40.9. The van der Waals surface area contributed by atoms with Crippen LogP contribution in [0, 0.1) is 0 Å². The van der Waals surface area contributed by atoms with Crippen molar-refractivity contribution in [1.82, 2.24) is 9.13 Å². The minimum atomic E-state index is -4.69. The van der Waals surface area contributed by atoms with E-state index < -0.39 is 20.2 Å². The van der Waals surface area contributed by atoms with Gasteiger partial charge in [0.05, 0.1) is 47.7 Å². The lowest BCUT2D eigenvalue weighted by Gasteiger charge is -2.28. The summed E-state index contributed by atoms with van der Waals surface area (Å²) in [5, 5.41) is 4.00. The number of methoxy groups -OCH3 is 2. The van der Waals surface area contributed by atoms with Gasteiger partial charge in [-0.25, -0.2) is 0 Å². The van der Waals surface area contributed by atoms with Crippen LogP contribution in [0.15, 0.2) is 240 Å². The Morgan fingerprint density at radius 3 is 1.07 bits per heavy atom. The van der Waals surface area contributed by atoms with Crippen molar-refractivity contribution >= 4 is 98.0 Å². The number of aromatic nitrogens is 2. The van der Waals surface area contributed by atoms with Gasteiger partial charge in [-0.1, -0.05) is 109 Å². The number of anilines is 6. The van der Waals surface area contributed by atoms with Gasteiger partial charge in [0.15, 0.2) is 11.5 Å². The first-order valence-corrected chi connectivity index (χ1v) is 27.1. The zero-order chi connectivity index (χ0) is 52.3. The Hall–Kier alpha value is -9.18. The molecule has 12 aromatic rings. The number of fused-ring (bicyclic) bond motifs is 6. The van der Waals surface area contributed by atoms with E-state index in [1.165, 1.54) is 26.4 Å². The van der Waals surface area contributed by atoms with Crippen LogP contribution in [0.5, 0.6) is 11.5 Å². The molecule has 0 aliphatic heterocycles. The number of benzene rings is 10. The molecule has 14 heteroatoms. The molecule has 10 aromatic carbocycles. The van der Waals surface area contributed by atoms with Gasteiger partial charge in [0, 0.05) is 55.7 Å². The Morgan fingerprint density at radius 2 is 0.697 bits per heavy atom. The van der Waals surface area contributed by atoms with Crippen molar-refractivity contribution in [1.29, 1.82) is 0 Å². The Bertz CT molecular complexity index is 4140. The number of hydrogen-bond donors (Lipinski definition) is 2. The number of rotatable bonds is 13. The van der Waals surface area contributed by atoms with Crippen molar-refractivity contribution in [2.75, 3.05) is 24.0 Å². The molecule has 0 amide bonds. The standard InChI is InChI=1S/C62H46N4O8S2/c1-73-61-57(23-13-25-59(61)75(67,68)69)63(47-35-37-55-51(39-47)49-19-9-11-21-53(49)65(55)43-15-5-3-6-16-43)45-31-27-41(28-32-45)42-29-33-46(34-30-42)64(58-24-14-26-60(62(58)74-2)76(70,71)72)48-36-38-56-52(40-48)50-20-10-12-22-54(50)66(56)44-17-7-4-8-18-44/h3-40H,1-2H3,(H,67,68,69)(H,70,71,72). The van der Waals surface area contributed by atoms with E-state index in [1.54, 1.807) is 24.3 Å². The van der Waals surface area contributed by atoms with Crippen LogP contribution >= 0.6 is 0 Å². The summed E-state index contributed by atoms with van der Waals surface area (Å²) >= 11 is 0. The van der Waals surface area contributed by atoms with Crippen molar-refractivity contribution in [3.05, 3.63) is 231 Å². The first-order chi connectivity index (χ1) is 36.9. The van der Waals surface area contributed by atoms with E-state index >= 15 is 0 Å². The number of ether oxygens (including phenoxy) is 2. The topological polar surface area (TPSA) is 144 Å². The second-order valence-electron chi connectivity index (χ2n) is 18.1. The van der Waals surface area contributed by atoms with Crippen LogP contribution in [0.4, 0.5) is 34.1 Å². The summed E-state index contributed by atoms with van der Waals surface area (Å²) < 4.78 is 88.0. The molecule has 0 saturated carbocycles. The molecule has 0 bridgehead atoms. The summed E-state index contributed by atoms with van der Waals surface area (Å²) in [7, 11) is -6.63. The van der Waals surface area contributed by atoms with E-state index in [9.17, 15) is 25.9 Å². The summed E-state index contributed by atoms with van der Waals surface area (Å²) in [6, 6.07) is 73.8. The molecule has 2 aromatic heterocycles. The lowest BCUT2D eigenvalue weighted by molar-refractivity contribution is 0.398. The van der Waals surface area contributed by atoms with Crippen molar-refractivity contribution in [3.63, 3.8) is 0 Å². The maximum atomic E-state index is 12.8. The first-order valence-electron chi connectivity index (χ1n) is 24.2. The quantitative estimate of drug-likeness (QED) is 0.107. The molecule has 2 N–H and O–H groups in total. The SMILES string of the molecule is COc1c(N(c2ccc(-c3ccc(N(c4ccc5c(c4)c4ccccc4n5-c4ccccc4)c4cccc(S(=O)(=O)O)c4OC)cc3)cc2)c2ccc3c(c2)c2ccccc2n3-c2ccccc2)cccc1S(=O)(=O)O. The summed E-state index contributed by atoms with van der Waals surface area (Å²) in [6.45, 7) is 0. The fourth-order valence-corrected chi connectivity index (χ4v) is 11.9. The third-order valence-electron chi connectivity index (χ3n) is 13.8. The highest BCUT2D eigenvalue weighted by Crippen LogP contribution is 2.48. The van der Waals surface area contributed by atoms with Crippen molar-refractivity contribution < 1.29 is 35.4 Å². The first kappa shape index (κ1) is 47.8. The van der Waals surface area contributed by atoms with Crippen LogP contribution in [0.1, 0.15) is 0 Å². The molecule has 2 heterocycles. The van der Waals surface area contributed by atoms with E-state index in [4.69, 9.17) is 9.47 Å². The lowest BCUT2D eigenvalue weighted by Crippen LogP contribution is -2.13. The molecular formula is C62H46N4O8S2. The van der Waals surface area contributed by atoms with Gasteiger partial charge in [-0.15, -0.1) is 0 Å².